The number of amides is 1. The fourth-order valence-corrected chi connectivity index (χ4v) is 1.80. The van der Waals surface area contributed by atoms with Crippen molar-refractivity contribution >= 4 is 5.91 Å². The van der Waals surface area contributed by atoms with E-state index in [2.05, 4.69) is 5.32 Å². The van der Waals surface area contributed by atoms with E-state index in [1.54, 1.807) is 18.2 Å². The summed E-state index contributed by atoms with van der Waals surface area (Å²) in [6.45, 7) is 0.324. The summed E-state index contributed by atoms with van der Waals surface area (Å²) in [5.74, 6) is 0.0736. The lowest BCUT2D eigenvalue weighted by molar-refractivity contribution is -0.129. The number of rotatable bonds is 3. The van der Waals surface area contributed by atoms with Crippen molar-refractivity contribution in [1.82, 2.24) is 5.32 Å². The lowest BCUT2D eigenvalue weighted by Gasteiger charge is -2.36. The minimum Gasteiger partial charge on any atom is -0.508 e. The van der Waals surface area contributed by atoms with E-state index in [4.69, 9.17) is 5.73 Å². The minimum absolute atomic E-state index is 0.123. The largest absolute Gasteiger partial charge is 0.508 e. The molecule has 86 valence electrons. The Morgan fingerprint density at radius 1 is 1.44 bits per heavy atom. The maximum Gasteiger partial charge on any atom is 0.240 e. The summed E-state index contributed by atoms with van der Waals surface area (Å²) in [7, 11) is 0. The van der Waals surface area contributed by atoms with E-state index < -0.39 is 5.54 Å². The van der Waals surface area contributed by atoms with Gasteiger partial charge in [-0.15, -0.1) is 0 Å². The smallest absolute Gasteiger partial charge is 0.240 e. The molecule has 0 heterocycles. The predicted octanol–water partition coefficient (Wildman–Crippen LogP) is 0.890. The summed E-state index contributed by atoms with van der Waals surface area (Å²) in [5, 5.41) is 12.3. The molecule has 1 fully saturated rings. The Morgan fingerprint density at radius 2 is 2.12 bits per heavy atom. The summed E-state index contributed by atoms with van der Waals surface area (Å²) in [4.78, 5) is 11.7. The quantitative estimate of drug-likeness (QED) is 0.708. The second-order valence-corrected chi connectivity index (χ2v) is 4.32. The number of carbonyl (C=O) groups excluding carboxylic acids is 1. The third kappa shape index (κ3) is 2.02. The SMILES string of the molecule is NC1(C(=O)NCc2ccccc2O)CCC1. The molecular weight excluding hydrogens is 204 g/mol. The molecule has 1 saturated carbocycles. The van der Waals surface area contributed by atoms with Crippen molar-refractivity contribution in [3.05, 3.63) is 29.8 Å². The number of nitrogens with two attached hydrogens (primary N) is 1. The van der Waals surface area contributed by atoms with E-state index in [1.165, 1.54) is 0 Å². The molecule has 0 radical (unpaired) electrons. The highest BCUT2D eigenvalue weighted by Crippen LogP contribution is 2.29. The molecule has 1 amide bonds. The van der Waals surface area contributed by atoms with Gasteiger partial charge in [0.25, 0.3) is 0 Å². The highest BCUT2D eigenvalue weighted by molar-refractivity contribution is 5.87. The van der Waals surface area contributed by atoms with E-state index in [1.807, 2.05) is 6.07 Å². The second kappa shape index (κ2) is 4.14. The van der Waals surface area contributed by atoms with Crippen LogP contribution in [0.1, 0.15) is 24.8 Å². The fraction of sp³-hybridized carbons (Fsp3) is 0.417. The monoisotopic (exact) mass is 220 g/mol. The van der Waals surface area contributed by atoms with Crippen molar-refractivity contribution in [2.45, 2.75) is 31.3 Å². The van der Waals surface area contributed by atoms with Crippen molar-refractivity contribution in [2.75, 3.05) is 0 Å². The molecule has 0 spiro atoms. The Morgan fingerprint density at radius 3 is 2.69 bits per heavy atom. The Labute approximate surface area is 94.5 Å². The summed E-state index contributed by atoms with van der Waals surface area (Å²) in [6, 6.07) is 6.95. The molecule has 1 aromatic rings. The van der Waals surface area contributed by atoms with Gasteiger partial charge in [0.15, 0.2) is 0 Å². The van der Waals surface area contributed by atoms with Gasteiger partial charge in [-0.2, -0.15) is 0 Å². The van der Waals surface area contributed by atoms with Crippen molar-refractivity contribution in [3.63, 3.8) is 0 Å². The molecule has 4 heteroatoms. The first kappa shape index (κ1) is 11.0. The van der Waals surface area contributed by atoms with Gasteiger partial charge < -0.3 is 16.2 Å². The van der Waals surface area contributed by atoms with Gasteiger partial charge in [-0.05, 0) is 25.3 Å². The first-order valence-electron chi connectivity index (χ1n) is 5.46. The summed E-state index contributed by atoms with van der Waals surface area (Å²) in [6.07, 6.45) is 2.51. The molecule has 0 aliphatic heterocycles. The van der Waals surface area contributed by atoms with E-state index >= 15 is 0 Å². The van der Waals surface area contributed by atoms with Crippen LogP contribution in [0.2, 0.25) is 0 Å². The van der Waals surface area contributed by atoms with Crippen LogP contribution in [0.5, 0.6) is 5.75 Å². The molecule has 1 aliphatic carbocycles. The topological polar surface area (TPSA) is 75.4 Å². The van der Waals surface area contributed by atoms with Crippen LogP contribution in [0.15, 0.2) is 24.3 Å². The summed E-state index contributed by atoms with van der Waals surface area (Å²) >= 11 is 0. The molecule has 1 aromatic carbocycles. The standard InChI is InChI=1S/C12H16N2O2/c13-12(6-3-7-12)11(16)14-8-9-4-1-2-5-10(9)15/h1-2,4-5,15H,3,6-8,13H2,(H,14,16). The molecule has 4 nitrogen and oxygen atoms in total. The fourth-order valence-electron chi connectivity index (χ4n) is 1.80. The highest BCUT2D eigenvalue weighted by atomic mass is 16.3. The maximum atomic E-state index is 11.7. The number of phenols is 1. The van der Waals surface area contributed by atoms with E-state index in [0.29, 0.717) is 12.1 Å². The maximum absolute atomic E-state index is 11.7. The second-order valence-electron chi connectivity index (χ2n) is 4.32. The zero-order chi connectivity index (χ0) is 11.6. The Bertz CT molecular complexity index is 400. The predicted molar refractivity (Wildman–Crippen MR) is 60.7 cm³/mol. The molecule has 0 unspecified atom stereocenters. The van der Waals surface area contributed by atoms with Crippen LogP contribution in [0.25, 0.3) is 0 Å². The number of aromatic hydroxyl groups is 1. The number of phenolic OH excluding ortho intramolecular Hbond substituents is 1. The van der Waals surface area contributed by atoms with Gasteiger partial charge in [-0.1, -0.05) is 18.2 Å². The van der Waals surface area contributed by atoms with Gasteiger partial charge in [0.05, 0.1) is 5.54 Å². The van der Waals surface area contributed by atoms with Crippen LogP contribution in [0, 0.1) is 0 Å². The molecule has 0 bridgehead atoms. The van der Waals surface area contributed by atoms with Gasteiger partial charge >= 0.3 is 0 Å². The van der Waals surface area contributed by atoms with Crippen LogP contribution in [0.3, 0.4) is 0 Å². The summed E-state index contributed by atoms with van der Waals surface area (Å²) in [5.41, 5.74) is 5.91. The van der Waals surface area contributed by atoms with Crippen LogP contribution in [0.4, 0.5) is 0 Å². The zero-order valence-electron chi connectivity index (χ0n) is 9.07. The normalized spacial score (nSPS) is 17.6. The molecule has 0 aromatic heterocycles. The number of para-hydroxylation sites is 1. The lowest BCUT2D eigenvalue weighted by atomic mass is 9.77. The van der Waals surface area contributed by atoms with Crippen LogP contribution in [-0.2, 0) is 11.3 Å². The number of hydrogen-bond acceptors (Lipinski definition) is 3. The van der Waals surface area contributed by atoms with Gasteiger partial charge in [-0.25, -0.2) is 0 Å². The highest BCUT2D eigenvalue weighted by Gasteiger charge is 2.39. The Hall–Kier alpha value is -1.55. The average Bonchev–Trinajstić information content (AvgIpc) is 2.24. The van der Waals surface area contributed by atoms with Crippen molar-refractivity contribution in [1.29, 1.82) is 0 Å². The average molecular weight is 220 g/mol. The third-order valence-corrected chi connectivity index (χ3v) is 3.13. The molecule has 2 rings (SSSR count). The first-order valence-corrected chi connectivity index (χ1v) is 5.46. The first-order chi connectivity index (χ1) is 7.62. The van der Waals surface area contributed by atoms with E-state index in [0.717, 1.165) is 19.3 Å². The number of benzene rings is 1. The van der Waals surface area contributed by atoms with Crippen LogP contribution < -0.4 is 11.1 Å². The van der Waals surface area contributed by atoms with Crippen LogP contribution >= 0.6 is 0 Å². The molecule has 0 atom stereocenters. The van der Waals surface area contributed by atoms with Gasteiger partial charge in [-0.3, -0.25) is 4.79 Å². The third-order valence-electron chi connectivity index (χ3n) is 3.13. The lowest BCUT2D eigenvalue weighted by Crippen LogP contribution is -2.58. The minimum atomic E-state index is -0.676. The number of carbonyl (C=O) groups is 1. The van der Waals surface area contributed by atoms with Crippen LogP contribution in [-0.4, -0.2) is 16.6 Å². The van der Waals surface area contributed by atoms with Gasteiger partial charge in [0, 0.05) is 12.1 Å². The Kier molecular flexibility index (Phi) is 2.83. The number of nitrogens with one attached hydrogen (secondary N) is 1. The van der Waals surface area contributed by atoms with Crippen molar-refractivity contribution < 1.29 is 9.90 Å². The molecule has 0 saturated heterocycles. The van der Waals surface area contributed by atoms with E-state index in [-0.39, 0.29) is 11.7 Å². The number of hydrogen-bond donors (Lipinski definition) is 3. The zero-order valence-corrected chi connectivity index (χ0v) is 9.07. The van der Waals surface area contributed by atoms with Crippen molar-refractivity contribution in [3.8, 4) is 5.75 Å². The van der Waals surface area contributed by atoms with Crippen molar-refractivity contribution in [2.24, 2.45) is 5.73 Å². The van der Waals surface area contributed by atoms with Gasteiger partial charge in [0.1, 0.15) is 5.75 Å². The summed E-state index contributed by atoms with van der Waals surface area (Å²) < 4.78 is 0. The Balaban J connectivity index is 1.93. The van der Waals surface area contributed by atoms with E-state index in [9.17, 15) is 9.90 Å². The molecule has 1 aliphatic rings. The molecule has 16 heavy (non-hydrogen) atoms. The molecule has 4 N–H and O–H groups in total. The van der Waals surface area contributed by atoms with Gasteiger partial charge in [0.2, 0.25) is 5.91 Å². The molecular formula is C12H16N2O2.